The van der Waals surface area contributed by atoms with Gasteiger partial charge in [-0.3, -0.25) is 4.68 Å². The summed E-state index contributed by atoms with van der Waals surface area (Å²) in [4.78, 5) is 4.76. The van der Waals surface area contributed by atoms with Gasteiger partial charge in [-0.1, -0.05) is 37.6 Å². The zero-order valence-corrected chi connectivity index (χ0v) is 31.7. The number of ether oxygens (including phenoxy) is 3. The number of fused-ring (bicyclic) bond motifs is 3. The molecule has 0 aliphatic carbocycles. The second kappa shape index (κ2) is 14.5. The summed E-state index contributed by atoms with van der Waals surface area (Å²) in [5, 5.41) is 6.95. The number of nitrogens with zero attached hydrogens (tertiary/aromatic N) is 4. The third-order valence-electron chi connectivity index (χ3n) is 9.15. The molecule has 0 radical (unpaired) electrons. The van der Waals surface area contributed by atoms with Crippen LogP contribution in [0.4, 0.5) is 0 Å². The van der Waals surface area contributed by atoms with E-state index in [9.17, 15) is 0 Å². The standard InChI is InChI=1S/C42H40N4O3.Pt/c1-8-47-41-28(6)27(5)29(7)42(48-9-2)40(41)31-24-44-45(25-31)32-13-12-14-33(22-32)49-34-17-18-36-35-15-10-11-16-37(35)46(38(36)23-34)39-21-30(26(3)4)19-20-43-39;/h10-21,24-26H,8-9H2,1-7H3;/q-2;+2. The van der Waals surface area contributed by atoms with E-state index in [4.69, 9.17) is 24.3 Å². The summed E-state index contributed by atoms with van der Waals surface area (Å²) in [5.74, 6) is 4.02. The van der Waals surface area contributed by atoms with E-state index in [2.05, 4.69) is 93.8 Å². The van der Waals surface area contributed by atoms with E-state index in [1.54, 1.807) is 4.68 Å². The molecule has 3 heterocycles. The summed E-state index contributed by atoms with van der Waals surface area (Å²) in [6.45, 7) is 15.8. The second-order valence-corrected chi connectivity index (χ2v) is 12.5. The van der Waals surface area contributed by atoms with Crippen LogP contribution in [0.25, 0.3) is 44.4 Å². The Kier molecular flexibility index (Phi) is 10.2. The summed E-state index contributed by atoms with van der Waals surface area (Å²) in [5.41, 5.74) is 9.12. The van der Waals surface area contributed by atoms with Crippen molar-refractivity contribution in [3.63, 3.8) is 0 Å². The summed E-state index contributed by atoms with van der Waals surface area (Å²) in [6, 6.07) is 29.4. The van der Waals surface area contributed by atoms with Crippen LogP contribution in [-0.4, -0.2) is 32.5 Å². The van der Waals surface area contributed by atoms with Crippen LogP contribution in [0.3, 0.4) is 0 Å². The minimum Gasteiger partial charge on any atom is -0.509 e. The number of rotatable bonds is 10. The van der Waals surface area contributed by atoms with Crippen LogP contribution in [0, 0.1) is 32.9 Å². The molecule has 0 N–H and O–H groups in total. The van der Waals surface area contributed by atoms with Crippen LogP contribution in [0.5, 0.6) is 23.0 Å². The molecule has 256 valence electrons. The van der Waals surface area contributed by atoms with E-state index < -0.39 is 0 Å². The molecule has 0 saturated heterocycles. The predicted molar refractivity (Wildman–Crippen MR) is 196 cm³/mol. The van der Waals surface area contributed by atoms with Crippen molar-refractivity contribution in [1.29, 1.82) is 0 Å². The topological polar surface area (TPSA) is 63.3 Å². The number of para-hydroxylation sites is 1. The molecule has 4 aromatic carbocycles. The minimum atomic E-state index is 0. The van der Waals surface area contributed by atoms with Crippen LogP contribution in [0.1, 0.15) is 55.9 Å². The Morgan fingerprint density at radius 2 is 1.50 bits per heavy atom. The van der Waals surface area contributed by atoms with Gasteiger partial charge >= 0.3 is 21.1 Å². The summed E-state index contributed by atoms with van der Waals surface area (Å²) in [6.07, 6.45) is 5.71. The summed E-state index contributed by atoms with van der Waals surface area (Å²) >= 11 is 0. The quantitative estimate of drug-likeness (QED) is 0.128. The third kappa shape index (κ3) is 6.31. The van der Waals surface area contributed by atoms with Gasteiger partial charge in [-0.15, -0.1) is 35.7 Å². The Hall–Kier alpha value is -4.87. The molecular weight excluding hydrogens is 804 g/mol. The van der Waals surface area contributed by atoms with Crippen LogP contribution < -0.4 is 14.2 Å². The van der Waals surface area contributed by atoms with Crippen molar-refractivity contribution in [3.8, 4) is 45.6 Å². The van der Waals surface area contributed by atoms with Gasteiger partial charge in [-0.05, 0) is 92.1 Å². The smallest absolute Gasteiger partial charge is 0.509 e. The van der Waals surface area contributed by atoms with Crippen LogP contribution in [-0.2, 0) is 21.1 Å². The molecule has 0 atom stereocenters. The molecule has 7 rings (SSSR count). The number of hydrogen-bond donors (Lipinski definition) is 0. The fraction of sp³-hybridized carbons (Fsp3) is 0.238. The van der Waals surface area contributed by atoms with Crippen molar-refractivity contribution in [2.75, 3.05) is 13.2 Å². The van der Waals surface area contributed by atoms with Crippen molar-refractivity contribution in [3.05, 3.63) is 120 Å². The number of hydrogen-bond acceptors (Lipinski definition) is 5. The van der Waals surface area contributed by atoms with Gasteiger partial charge in [0.25, 0.3) is 0 Å². The molecule has 0 amide bonds. The Morgan fingerprint density at radius 1 is 0.780 bits per heavy atom. The largest absolute Gasteiger partial charge is 2.00 e. The Labute approximate surface area is 308 Å². The molecule has 0 aliphatic rings. The Balaban J connectivity index is 0.00000432. The average Bonchev–Trinajstić information content (AvgIpc) is 3.73. The van der Waals surface area contributed by atoms with E-state index in [1.807, 2.05) is 56.7 Å². The summed E-state index contributed by atoms with van der Waals surface area (Å²) in [7, 11) is 0. The first-order chi connectivity index (χ1) is 23.8. The van der Waals surface area contributed by atoms with Gasteiger partial charge in [0, 0.05) is 35.0 Å². The molecule has 0 spiro atoms. The molecular formula is C42H40N4O3Pt. The van der Waals surface area contributed by atoms with Crippen molar-refractivity contribution in [2.45, 2.75) is 54.4 Å². The first-order valence-corrected chi connectivity index (χ1v) is 16.9. The number of pyridine rings is 1. The monoisotopic (exact) mass is 843 g/mol. The third-order valence-corrected chi connectivity index (χ3v) is 9.15. The van der Waals surface area contributed by atoms with E-state index in [0.717, 1.165) is 72.6 Å². The van der Waals surface area contributed by atoms with E-state index >= 15 is 0 Å². The fourth-order valence-electron chi connectivity index (χ4n) is 6.43. The predicted octanol–water partition coefficient (Wildman–Crippen LogP) is 10.3. The zero-order chi connectivity index (χ0) is 34.2. The SMILES string of the molecule is CCOc1c(C)c(C)c(C)c(OCC)c1-c1cnn(-c2[c-]c(Oc3[c-]c4c(cc3)c3ccccc3n4-c3cc(C(C)C)ccn3)ccc2)c1.[Pt+2]. The maximum absolute atomic E-state index is 6.41. The van der Waals surface area contributed by atoms with E-state index in [-0.39, 0.29) is 21.1 Å². The Morgan fingerprint density at radius 3 is 2.22 bits per heavy atom. The average molecular weight is 844 g/mol. The molecule has 0 unspecified atom stereocenters. The van der Waals surface area contributed by atoms with Crippen LogP contribution in [0.2, 0.25) is 0 Å². The molecule has 0 bridgehead atoms. The van der Waals surface area contributed by atoms with Gasteiger partial charge in [-0.2, -0.15) is 17.2 Å². The summed E-state index contributed by atoms with van der Waals surface area (Å²) < 4.78 is 22.8. The minimum absolute atomic E-state index is 0. The maximum atomic E-state index is 6.41. The second-order valence-electron chi connectivity index (χ2n) is 12.5. The van der Waals surface area contributed by atoms with Crippen molar-refractivity contribution >= 4 is 21.8 Å². The Bertz CT molecular complexity index is 2290. The number of benzene rings is 4. The first-order valence-electron chi connectivity index (χ1n) is 16.9. The molecule has 0 aliphatic heterocycles. The molecule has 7 aromatic rings. The van der Waals surface area contributed by atoms with Gasteiger partial charge < -0.3 is 18.8 Å². The van der Waals surface area contributed by atoms with Crippen LogP contribution in [0.15, 0.2) is 85.3 Å². The number of aromatic nitrogens is 4. The van der Waals surface area contributed by atoms with Gasteiger partial charge in [0.2, 0.25) is 0 Å². The molecule has 7 nitrogen and oxygen atoms in total. The van der Waals surface area contributed by atoms with Crippen molar-refractivity contribution < 1.29 is 35.3 Å². The molecule has 50 heavy (non-hydrogen) atoms. The van der Waals surface area contributed by atoms with Gasteiger partial charge in [0.15, 0.2) is 0 Å². The molecule has 0 fully saturated rings. The van der Waals surface area contributed by atoms with Crippen LogP contribution >= 0.6 is 0 Å². The first kappa shape index (κ1) is 35.0. The van der Waals surface area contributed by atoms with E-state index in [1.165, 1.54) is 5.56 Å². The van der Waals surface area contributed by atoms with Gasteiger partial charge in [-0.25, -0.2) is 4.98 Å². The maximum Gasteiger partial charge on any atom is 2.00 e. The van der Waals surface area contributed by atoms with Crippen molar-refractivity contribution in [2.24, 2.45) is 0 Å². The molecule has 8 heteroatoms. The fourth-order valence-corrected chi connectivity index (χ4v) is 6.43. The van der Waals surface area contributed by atoms with Crippen molar-refractivity contribution in [1.82, 2.24) is 19.3 Å². The normalized spacial score (nSPS) is 11.3. The van der Waals surface area contributed by atoms with E-state index in [0.29, 0.717) is 30.6 Å². The van der Waals surface area contributed by atoms with Gasteiger partial charge in [0.1, 0.15) is 17.3 Å². The molecule has 0 saturated carbocycles. The van der Waals surface area contributed by atoms with Gasteiger partial charge in [0.05, 0.1) is 25.0 Å². The molecule has 3 aromatic heterocycles. The zero-order valence-electron chi connectivity index (χ0n) is 29.4.